The molecule has 5 aliphatic rings. The van der Waals surface area contributed by atoms with E-state index in [1.54, 1.807) is 0 Å². The second-order valence-electron chi connectivity index (χ2n) is 11.7. The summed E-state index contributed by atoms with van der Waals surface area (Å²) in [4.78, 5) is 14.3. The number of fused-ring (bicyclic) bond motifs is 5. The first-order valence-corrected chi connectivity index (χ1v) is 13.2. The highest BCUT2D eigenvalue weighted by Crippen LogP contribution is 2.70. The van der Waals surface area contributed by atoms with Gasteiger partial charge in [-0.25, -0.2) is 0 Å². The Labute approximate surface area is 206 Å². The van der Waals surface area contributed by atoms with Crippen LogP contribution in [-0.2, 0) is 9.53 Å². The van der Waals surface area contributed by atoms with Crippen LogP contribution in [0.3, 0.4) is 0 Å². The molecule has 1 heterocycles. The summed E-state index contributed by atoms with van der Waals surface area (Å²) in [6, 6.07) is 8.78. The Morgan fingerprint density at radius 2 is 1.83 bits per heavy atom. The SMILES string of the molecule is CN(C)c1ccc([C@H]2C[C@@]3(C)C(CC[C@]34OCCC4=C(F)F)C3CCC4=CC(=O)CCC4=C32)cc1. The van der Waals surface area contributed by atoms with E-state index in [-0.39, 0.29) is 22.7 Å². The third-order valence-corrected chi connectivity index (χ3v) is 10.1. The van der Waals surface area contributed by atoms with E-state index >= 15 is 0 Å². The fraction of sp³-hybridized carbons (Fsp3) is 0.567. The molecule has 0 aromatic heterocycles. The molecule has 1 aliphatic heterocycles. The molecule has 1 spiro atoms. The maximum absolute atomic E-state index is 14.2. The average molecular weight is 480 g/mol. The Hall–Kier alpha value is -2.27. The van der Waals surface area contributed by atoms with Gasteiger partial charge in [0.2, 0.25) is 0 Å². The lowest BCUT2D eigenvalue weighted by atomic mass is 9.50. The molecule has 0 amide bonds. The minimum atomic E-state index is -1.53. The molecule has 5 atom stereocenters. The first-order valence-electron chi connectivity index (χ1n) is 13.2. The standard InChI is InChI=1S/C30H35F2NO2/c1-29-17-24(18-4-7-20(8-5-18)33(2)3)27-22-11-9-21(34)16-19(22)6-10-23(27)25(29)12-14-30(29)26(28(31)32)13-15-35-30/h4-5,7-8,16,23-25H,6,9-15,17H2,1-3H3/t23?,24-,25?,29+,30-/m1/s1. The van der Waals surface area contributed by atoms with Gasteiger partial charge < -0.3 is 9.64 Å². The smallest absolute Gasteiger partial charge is 0.272 e. The van der Waals surface area contributed by atoms with Gasteiger partial charge in [0.05, 0.1) is 6.61 Å². The number of ether oxygens (including phenoxy) is 1. The molecule has 1 aromatic carbocycles. The second kappa shape index (κ2) is 8.12. The number of rotatable bonds is 2. The van der Waals surface area contributed by atoms with Crippen molar-refractivity contribution >= 4 is 11.5 Å². The van der Waals surface area contributed by atoms with Crippen molar-refractivity contribution in [3.05, 3.63) is 64.3 Å². The molecule has 0 N–H and O–H groups in total. The van der Waals surface area contributed by atoms with Crippen molar-refractivity contribution in [3.63, 3.8) is 0 Å². The van der Waals surface area contributed by atoms with E-state index in [1.165, 1.54) is 22.3 Å². The lowest BCUT2D eigenvalue weighted by Crippen LogP contribution is -2.52. The van der Waals surface area contributed by atoms with Crippen molar-refractivity contribution in [2.45, 2.75) is 69.8 Å². The monoisotopic (exact) mass is 479 g/mol. The lowest BCUT2D eigenvalue weighted by Gasteiger charge is -2.55. The zero-order chi connectivity index (χ0) is 24.5. The van der Waals surface area contributed by atoms with Crippen LogP contribution in [0.25, 0.3) is 0 Å². The molecule has 0 bridgehead atoms. The highest BCUT2D eigenvalue weighted by atomic mass is 19.3. The number of nitrogens with zero attached hydrogens (tertiary/aromatic N) is 1. The van der Waals surface area contributed by atoms with Crippen LogP contribution in [0.1, 0.15) is 69.8 Å². The predicted octanol–water partition coefficient (Wildman–Crippen LogP) is 6.96. The van der Waals surface area contributed by atoms with Crippen molar-refractivity contribution in [2.24, 2.45) is 17.3 Å². The Morgan fingerprint density at radius 3 is 2.54 bits per heavy atom. The van der Waals surface area contributed by atoms with Gasteiger partial charge in [-0.3, -0.25) is 4.79 Å². The molecule has 3 fully saturated rings. The van der Waals surface area contributed by atoms with E-state index < -0.39 is 11.7 Å². The molecule has 1 aromatic rings. The molecule has 3 nitrogen and oxygen atoms in total. The van der Waals surface area contributed by atoms with Gasteiger partial charge in [-0.2, -0.15) is 8.78 Å². The van der Waals surface area contributed by atoms with Crippen molar-refractivity contribution in [3.8, 4) is 0 Å². The molecule has 2 saturated carbocycles. The van der Waals surface area contributed by atoms with Crippen molar-refractivity contribution in [1.82, 2.24) is 0 Å². The topological polar surface area (TPSA) is 29.5 Å². The summed E-state index contributed by atoms with van der Waals surface area (Å²) in [5.74, 6) is 1.09. The van der Waals surface area contributed by atoms with Crippen LogP contribution in [-0.4, -0.2) is 32.1 Å². The van der Waals surface area contributed by atoms with E-state index in [0.29, 0.717) is 37.7 Å². The molecule has 1 saturated heterocycles. The first-order chi connectivity index (χ1) is 16.7. The van der Waals surface area contributed by atoms with Gasteiger partial charge in [-0.05, 0) is 85.3 Å². The number of ketones is 1. The number of allylic oxidation sites excluding steroid dienone is 4. The lowest BCUT2D eigenvalue weighted by molar-refractivity contribution is -0.114. The maximum atomic E-state index is 14.2. The fourth-order valence-electron chi connectivity index (χ4n) is 8.55. The van der Waals surface area contributed by atoms with Crippen LogP contribution >= 0.6 is 0 Å². The molecular formula is C30H35F2NO2. The second-order valence-corrected chi connectivity index (χ2v) is 11.7. The Balaban J connectivity index is 1.52. The number of hydrogen-bond acceptors (Lipinski definition) is 3. The van der Waals surface area contributed by atoms with Crippen LogP contribution in [0.15, 0.2) is 58.7 Å². The molecule has 6 rings (SSSR count). The summed E-state index contributed by atoms with van der Waals surface area (Å²) in [6.07, 6.45) is 6.45. The molecular weight excluding hydrogens is 444 g/mol. The first kappa shape index (κ1) is 23.1. The van der Waals surface area contributed by atoms with E-state index in [4.69, 9.17) is 4.74 Å². The predicted molar refractivity (Wildman–Crippen MR) is 134 cm³/mol. The number of carbonyl (C=O) groups excluding carboxylic acids is 1. The summed E-state index contributed by atoms with van der Waals surface area (Å²) >= 11 is 0. The Kier molecular flexibility index (Phi) is 5.37. The van der Waals surface area contributed by atoms with Crippen molar-refractivity contribution < 1.29 is 18.3 Å². The Morgan fingerprint density at radius 1 is 1.06 bits per heavy atom. The highest BCUT2D eigenvalue weighted by molar-refractivity contribution is 5.93. The molecule has 35 heavy (non-hydrogen) atoms. The van der Waals surface area contributed by atoms with Crippen LogP contribution in [0.2, 0.25) is 0 Å². The number of benzene rings is 1. The van der Waals surface area contributed by atoms with Crippen LogP contribution in [0, 0.1) is 17.3 Å². The van der Waals surface area contributed by atoms with Crippen LogP contribution < -0.4 is 4.90 Å². The highest BCUT2D eigenvalue weighted by Gasteiger charge is 2.67. The van der Waals surface area contributed by atoms with Crippen molar-refractivity contribution in [2.75, 3.05) is 25.6 Å². The molecule has 186 valence electrons. The van der Waals surface area contributed by atoms with Gasteiger partial charge in [0.15, 0.2) is 5.78 Å². The minimum absolute atomic E-state index is 0.160. The number of carbonyl (C=O) groups is 1. The van der Waals surface area contributed by atoms with Gasteiger partial charge >= 0.3 is 0 Å². The number of halogens is 2. The molecule has 2 unspecified atom stereocenters. The van der Waals surface area contributed by atoms with E-state index in [0.717, 1.165) is 37.8 Å². The summed E-state index contributed by atoms with van der Waals surface area (Å²) in [5.41, 5.74) is 5.61. The normalized spacial score (nSPS) is 36.1. The average Bonchev–Trinajstić information content (AvgIpc) is 3.40. The third kappa shape index (κ3) is 3.26. The van der Waals surface area contributed by atoms with E-state index in [9.17, 15) is 13.6 Å². The van der Waals surface area contributed by atoms with E-state index in [1.807, 2.05) is 20.2 Å². The molecule has 0 radical (unpaired) electrons. The van der Waals surface area contributed by atoms with Gasteiger partial charge in [-0.1, -0.05) is 24.6 Å². The van der Waals surface area contributed by atoms with Crippen molar-refractivity contribution in [1.29, 1.82) is 0 Å². The fourth-order valence-corrected chi connectivity index (χ4v) is 8.55. The number of anilines is 1. The minimum Gasteiger partial charge on any atom is -0.378 e. The van der Waals surface area contributed by atoms with Crippen LogP contribution in [0.5, 0.6) is 0 Å². The summed E-state index contributed by atoms with van der Waals surface area (Å²) < 4.78 is 34.9. The van der Waals surface area contributed by atoms with Gasteiger partial charge in [-0.15, -0.1) is 0 Å². The van der Waals surface area contributed by atoms with Gasteiger partial charge in [0, 0.05) is 49.5 Å². The molecule has 4 aliphatic carbocycles. The zero-order valence-corrected chi connectivity index (χ0v) is 21.0. The van der Waals surface area contributed by atoms with Gasteiger partial charge in [0.25, 0.3) is 6.08 Å². The van der Waals surface area contributed by atoms with E-state index in [2.05, 4.69) is 36.1 Å². The number of hydrogen-bond donors (Lipinski definition) is 0. The van der Waals surface area contributed by atoms with Crippen LogP contribution in [0.4, 0.5) is 14.5 Å². The summed E-state index contributed by atoms with van der Waals surface area (Å²) in [5, 5.41) is 0. The molecule has 5 heteroatoms. The van der Waals surface area contributed by atoms with Gasteiger partial charge in [0.1, 0.15) is 5.60 Å². The zero-order valence-electron chi connectivity index (χ0n) is 21.0. The largest absolute Gasteiger partial charge is 0.378 e. The third-order valence-electron chi connectivity index (χ3n) is 10.1. The quantitative estimate of drug-likeness (QED) is 0.459. The maximum Gasteiger partial charge on any atom is 0.272 e. The summed E-state index contributed by atoms with van der Waals surface area (Å²) in [7, 11) is 4.08. The Bertz CT molecular complexity index is 1160. The summed E-state index contributed by atoms with van der Waals surface area (Å²) in [6.45, 7) is 2.64.